The lowest BCUT2D eigenvalue weighted by Crippen LogP contribution is -2.27. The number of phosphoric acid groups is 1. The second-order valence-electron chi connectivity index (χ2n) is 6.67. The van der Waals surface area contributed by atoms with Gasteiger partial charge in [-0.3, -0.25) is 13.6 Å². The van der Waals surface area contributed by atoms with Gasteiger partial charge in [0.05, 0.1) is 13.2 Å². The number of hydrogen-bond acceptors (Lipinski definition) is 7. The van der Waals surface area contributed by atoms with Crippen molar-refractivity contribution in [3.8, 4) is 0 Å². The molecule has 0 unspecified atom stereocenters. The van der Waals surface area contributed by atoms with E-state index in [1.54, 1.807) is 0 Å². The minimum Gasteiger partial charge on any atom is -0.431 e. The number of rotatable bonds is 12. The van der Waals surface area contributed by atoms with Gasteiger partial charge in [-0.2, -0.15) is 0 Å². The van der Waals surface area contributed by atoms with E-state index in [0.717, 1.165) is 11.1 Å². The van der Waals surface area contributed by atoms with Crippen LogP contribution in [0.1, 0.15) is 25.0 Å². The molecule has 2 aromatic carbocycles. The van der Waals surface area contributed by atoms with Crippen molar-refractivity contribution in [3.63, 3.8) is 0 Å². The highest BCUT2D eigenvalue weighted by atomic mass is 35.5. The Morgan fingerprint density at radius 1 is 0.900 bits per heavy atom. The normalized spacial score (nSPS) is 12.5. The zero-order chi connectivity index (χ0) is 21.8. The van der Waals surface area contributed by atoms with Crippen molar-refractivity contribution in [2.24, 2.45) is 5.92 Å². The standard InChI is InChI=1S/C21H26ClO7P/c1-17(2)20(15-25-21(23)26-16-22)29-30(24,27-13-18-9-5-3-6-10-18)28-14-19-11-7-4-8-12-19/h3-12,17,20H,13-16H2,1-2H3/t20-/m1/s1. The summed E-state index contributed by atoms with van der Waals surface area (Å²) < 4.78 is 39.8. The van der Waals surface area contributed by atoms with Gasteiger partial charge in [0, 0.05) is 0 Å². The van der Waals surface area contributed by atoms with E-state index in [1.807, 2.05) is 74.5 Å². The number of benzene rings is 2. The fourth-order valence-electron chi connectivity index (χ4n) is 2.30. The van der Waals surface area contributed by atoms with Gasteiger partial charge in [-0.05, 0) is 17.0 Å². The highest BCUT2D eigenvalue weighted by molar-refractivity contribution is 7.48. The molecule has 7 nitrogen and oxygen atoms in total. The van der Waals surface area contributed by atoms with Gasteiger partial charge < -0.3 is 9.47 Å². The van der Waals surface area contributed by atoms with Crippen LogP contribution in [0, 0.1) is 5.92 Å². The van der Waals surface area contributed by atoms with Crippen LogP contribution in [0.25, 0.3) is 0 Å². The number of phosphoric ester groups is 1. The molecule has 0 aliphatic heterocycles. The number of alkyl halides is 1. The van der Waals surface area contributed by atoms with Crippen LogP contribution in [0.15, 0.2) is 60.7 Å². The van der Waals surface area contributed by atoms with Crippen molar-refractivity contribution in [2.75, 3.05) is 12.7 Å². The maximum atomic E-state index is 13.4. The zero-order valence-corrected chi connectivity index (χ0v) is 18.6. The van der Waals surface area contributed by atoms with E-state index in [1.165, 1.54) is 0 Å². The Morgan fingerprint density at radius 3 is 1.83 bits per heavy atom. The molecule has 1 atom stereocenters. The molecule has 0 fully saturated rings. The van der Waals surface area contributed by atoms with Gasteiger partial charge in [-0.25, -0.2) is 9.36 Å². The van der Waals surface area contributed by atoms with Gasteiger partial charge in [0.2, 0.25) is 0 Å². The van der Waals surface area contributed by atoms with Crippen molar-refractivity contribution < 1.29 is 32.4 Å². The topological polar surface area (TPSA) is 80.3 Å². The van der Waals surface area contributed by atoms with E-state index in [4.69, 9.17) is 29.9 Å². The smallest absolute Gasteiger partial charge is 0.431 e. The molecule has 0 aromatic heterocycles. The molecule has 0 saturated carbocycles. The van der Waals surface area contributed by atoms with Crippen molar-refractivity contribution in [3.05, 3.63) is 71.8 Å². The summed E-state index contributed by atoms with van der Waals surface area (Å²) in [6, 6.07) is 18.2. The van der Waals surface area contributed by atoms with E-state index in [9.17, 15) is 9.36 Å². The second-order valence-corrected chi connectivity index (χ2v) is 8.51. The molecular formula is C21H26ClO7P. The first kappa shape index (κ1) is 24.4. The highest BCUT2D eigenvalue weighted by Crippen LogP contribution is 2.52. The number of halogens is 1. The van der Waals surface area contributed by atoms with Crippen molar-refractivity contribution in [1.29, 1.82) is 0 Å². The molecule has 2 rings (SSSR count). The first-order chi connectivity index (χ1) is 14.4. The average Bonchev–Trinajstić information content (AvgIpc) is 2.75. The van der Waals surface area contributed by atoms with Crippen LogP contribution in [0.5, 0.6) is 0 Å². The molecule has 0 N–H and O–H groups in total. The summed E-state index contributed by atoms with van der Waals surface area (Å²) >= 11 is 5.34. The quantitative estimate of drug-likeness (QED) is 0.223. The molecular weight excluding hydrogens is 431 g/mol. The third-order valence-electron chi connectivity index (χ3n) is 4.01. The molecule has 30 heavy (non-hydrogen) atoms. The van der Waals surface area contributed by atoms with Gasteiger partial charge in [0.15, 0.2) is 6.07 Å². The van der Waals surface area contributed by atoms with Crippen LogP contribution in [-0.2, 0) is 40.8 Å². The van der Waals surface area contributed by atoms with Gasteiger partial charge in [-0.1, -0.05) is 86.1 Å². The van der Waals surface area contributed by atoms with Crippen molar-refractivity contribution in [2.45, 2.75) is 33.2 Å². The Hall–Kier alpha value is -1.89. The van der Waals surface area contributed by atoms with Gasteiger partial charge >= 0.3 is 14.0 Å². The summed E-state index contributed by atoms with van der Waals surface area (Å²) in [6.45, 7) is 3.54. The number of ether oxygens (including phenoxy) is 2. The lowest BCUT2D eigenvalue weighted by Gasteiger charge is -2.26. The third-order valence-corrected chi connectivity index (χ3v) is 5.54. The number of hydrogen-bond donors (Lipinski definition) is 0. The van der Waals surface area contributed by atoms with Crippen LogP contribution in [0.3, 0.4) is 0 Å². The second kappa shape index (κ2) is 12.7. The first-order valence-corrected chi connectivity index (χ1v) is 11.4. The van der Waals surface area contributed by atoms with E-state index in [-0.39, 0.29) is 31.8 Å². The predicted octanol–water partition coefficient (Wildman–Crippen LogP) is 5.92. The molecule has 0 amide bonds. The van der Waals surface area contributed by atoms with Crippen LogP contribution in [-0.4, -0.2) is 24.9 Å². The monoisotopic (exact) mass is 456 g/mol. The zero-order valence-electron chi connectivity index (χ0n) is 16.9. The molecule has 0 saturated heterocycles. The minimum atomic E-state index is -3.99. The molecule has 9 heteroatoms. The first-order valence-electron chi connectivity index (χ1n) is 9.43. The molecule has 0 bridgehead atoms. The largest absolute Gasteiger partial charge is 0.509 e. The Bertz CT molecular complexity index is 754. The molecule has 0 spiro atoms. The number of carbonyl (C=O) groups is 1. The maximum Gasteiger partial charge on any atom is 0.509 e. The van der Waals surface area contributed by atoms with Gasteiger partial charge in [-0.15, -0.1) is 0 Å². The fourth-order valence-corrected chi connectivity index (χ4v) is 3.84. The van der Waals surface area contributed by atoms with Crippen molar-refractivity contribution >= 4 is 25.6 Å². The summed E-state index contributed by atoms with van der Waals surface area (Å²) in [4.78, 5) is 11.4. The van der Waals surface area contributed by atoms with E-state index in [0.29, 0.717) is 0 Å². The summed E-state index contributed by atoms with van der Waals surface area (Å²) in [5.74, 6) is -0.150. The van der Waals surface area contributed by atoms with Gasteiger partial charge in [0.25, 0.3) is 0 Å². The lowest BCUT2D eigenvalue weighted by atomic mass is 10.1. The van der Waals surface area contributed by atoms with Gasteiger partial charge in [0.1, 0.15) is 12.7 Å². The Morgan fingerprint density at radius 2 is 1.40 bits per heavy atom. The van der Waals surface area contributed by atoms with Crippen LogP contribution < -0.4 is 0 Å². The lowest BCUT2D eigenvalue weighted by molar-refractivity contribution is -0.00386. The molecule has 164 valence electrons. The summed E-state index contributed by atoms with van der Waals surface area (Å²) in [5, 5.41) is 0. The van der Waals surface area contributed by atoms with E-state index < -0.39 is 20.1 Å². The summed E-state index contributed by atoms with van der Waals surface area (Å²) in [7, 11) is -3.99. The average molecular weight is 457 g/mol. The number of carbonyl (C=O) groups excluding carboxylic acids is 1. The molecule has 0 aliphatic carbocycles. The Kier molecular flexibility index (Phi) is 10.3. The molecule has 0 radical (unpaired) electrons. The maximum absolute atomic E-state index is 13.4. The van der Waals surface area contributed by atoms with Crippen LogP contribution in [0.2, 0.25) is 0 Å². The molecule has 2 aromatic rings. The van der Waals surface area contributed by atoms with E-state index >= 15 is 0 Å². The summed E-state index contributed by atoms with van der Waals surface area (Å²) in [5.41, 5.74) is 1.63. The Balaban J connectivity index is 2.08. The minimum absolute atomic E-state index is 0.0346. The predicted molar refractivity (Wildman–Crippen MR) is 113 cm³/mol. The molecule has 0 heterocycles. The van der Waals surface area contributed by atoms with Crippen LogP contribution >= 0.6 is 19.4 Å². The van der Waals surface area contributed by atoms with E-state index in [2.05, 4.69) is 4.74 Å². The summed E-state index contributed by atoms with van der Waals surface area (Å²) in [6.07, 6.45) is -1.69. The Labute approximate surface area is 181 Å². The van der Waals surface area contributed by atoms with Crippen LogP contribution in [0.4, 0.5) is 4.79 Å². The fraction of sp³-hybridized carbons (Fsp3) is 0.381. The third kappa shape index (κ3) is 8.86. The highest BCUT2D eigenvalue weighted by Gasteiger charge is 2.33. The van der Waals surface area contributed by atoms with Crippen molar-refractivity contribution in [1.82, 2.24) is 0 Å². The SMILES string of the molecule is CC(C)[C@@H](COC(=O)OCCl)OP(=O)(OCc1ccccc1)OCc1ccccc1. The molecule has 0 aliphatic rings.